The Morgan fingerprint density at radius 2 is 2.05 bits per heavy atom. The summed E-state index contributed by atoms with van der Waals surface area (Å²) in [7, 11) is 0. The molecule has 2 rings (SSSR count). The van der Waals surface area contributed by atoms with Crippen LogP contribution in [0.25, 0.3) is 0 Å². The number of aryl methyl sites for hydroxylation is 1. The van der Waals surface area contributed by atoms with Crippen LogP contribution in [0.4, 0.5) is 5.69 Å². The first-order valence-electron chi connectivity index (χ1n) is 6.03. The topological polar surface area (TPSA) is 21.3 Å². The molecule has 2 nitrogen and oxygen atoms in total. The zero-order chi connectivity index (χ0) is 13.7. The molecule has 0 unspecified atom stereocenters. The maximum atomic E-state index is 5.97. The number of rotatable bonds is 5. The molecule has 0 spiro atoms. The zero-order valence-electron chi connectivity index (χ0n) is 10.6. The molecule has 0 heterocycles. The predicted molar refractivity (Wildman–Crippen MR) is 84.3 cm³/mol. The molecule has 0 radical (unpaired) electrons. The molecule has 0 aromatic heterocycles. The number of ether oxygens (including phenoxy) is 1. The molecular weight excluding hydrogens is 326 g/mol. The van der Waals surface area contributed by atoms with Crippen molar-refractivity contribution in [1.29, 1.82) is 0 Å². The van der Waals surface area contributed by atoms with Gasteiger partial charge in [-0.15, -0.1) is 0 Å². The molecule has 0 atom stereocenters. The minimum atomic E-state index is 0.600. The molecule has 0 aliphatic rings. The largest absolute Gasteiger partial charge is 0.492 e. The smallest absolute Gasteiger partial charge is 0.120 e. The third-order valence-electron chi connectivity index (χ3n) is 2.68. The van der Waals surface area contributed by atoms with Crippen molar-refractivity contribution in [2.75, 3.05) is 18.5 Å². The number of hydrogen-bond acceptors (Lipinski definition) is 2. The van der Waals surface area contributed by atoms with E-state index in [4.69, 9.17) is 16.3 Å². The van der Waals surface area contributed by atoms with Crippen LogP contribution in [0.2, 0.25) is 5.02 Å². The summed E-state index contributed by atoms with van der Waals surface area (Å²) in [5.74, 6) is 0.860. The van der Waals surface area contributed by atoms with Gasteiger partial charge in [-0.05, 0) is 42.8 Å². The second-order valence-electron chi connectivity index (χ2n) is 4.19. The Labute approximate surface area is 126 Å². The van der Waals surface area contributed by atoms with Gasteiger partial charge in [-0.2, -0.15) is 0 Å². The first-order valence-corrected chi connectivity index (χ1v) is 7.20. The van der Waals surface area contributed by atoms with Crippen molar-refractivity contribution in [3.63, 3.8) is 0 Å². The molecule has 4 heteroatoms. The van der Waals surface area contributed by atoms with Gasteiger partial charge in [0.1, 0.15) is 12.4 Å². The third kappa shape index (κ3) is 4.44. The van der Waals surface area contributed by atoms with Crippen LogP contribution in [0.15, 0.2) is 46.9 Å². The molecule has 0 aliphatic heterocycles. The average Bonchev–Trinajstić information content (AvgIpc) is 2.39. The van der Waals surface area contributed by atoms with E-state index >= 15 is 0 Å². The van der Waals surface area contributed by atoms with Gasteiger partial charge >= 0.3 is 0 Å². The van der Waals surface area contributed by atoms with Crippen LogP contribution in [-0.2, 0) is 0 Å². The van der Waals surface area contributed by atoms with Gasteiger partial charge in [-0.3, -0.25) is 0 Å². The molecule has 1 N–H and O–H groups in total. The van der Waals surface area contributed by atoms with Crippen molar-refractivity contribution in [3.05, 3.63) is 57.5 Å². The predicted octanol–water partition coefficient (Wildman–Crippen LogP) is 4.90. The number of hydrogen-bond donors (Lipinski definition) is 1. The summed E-state index contributed by atoms with van der Waals surface area (Å²) in [6, 6.07) is 13.6. The number of nitrogens with one attached hydrogen (secondary N) is 1. The fourth-order valence-corrected chi connectivity index (χ4v) is 2.25. The van der Waals surface area contributed by atoms with Gasteiger partial charge in [0.25, 0.3) is 0 Å². The maximum Gasteiger partial charge on any atom is 0.120 e. The highest BCUT2D eigenvalue weighted by Gasteiger charge is 1.99. The van der Waals surface area contributed by atoms with Crippen LogP contribution in [0.5, 0.6) is 5.75 Å². The summed E-state index contributed by atoms with van der Waals surface area (Å²) in [5.41, 5.74) is 2.22. The van der Waals surface area contributed by atoms with Crippen molar-refractivity contribution in [2.45, 2.75) is 6.92 Å². The van der Waals surface area contributed by atoms with E-state index in [-0.39, 0.29) is 0 Å². The van der Waals surface area contributed by atoms with Crippen LogP contribution < -0.4 is 10.1 Å². The Morgan fingerprint density at radius 1 is 1.21 bits per heavy atom. The van der Waals surface area contributed by atoms with E-state index in [0.29, 0.717) is 6.61 Å². The fourth-order valence-electron chi connectivity index (χ4n) is 1.70. The molecule has 19 heavy (non-hydrogen) atoms. The Bertz CT molecular complexity index is 560. The van der Waals surface area contributed by atoms with Crippen LogP contribution in [-0.4, -0.2) is 13.2 Å². The first-order chi connectivity index (χ1) is 9.15. The molecule has 2 aromatic rings. The van der Waals surface area contributed by atoms with Gasteiger partial charge in [0, 0.05) is 21.7 Å². The lowest BCUT2D eigenvalue weighted by Crippen LogP contribution is -2.12. The summed E-state index contributed by atoms with van der Waals surface area (Å²) in [6.07, 6.45) is 0. The Morgan fingerprint density at radius 3 is 2.84 bits per heavy atom. The summed E-state index contributed by atoms with van der Waals surface area (Å²) in [5, 5.41) is 4.05. The normalized spacial score (nSPS) is 10.3. The molecule has 0 saturated heterocycles. The molecule has 0 aliphatic carbocycles. The van der Waals surface area contributed by atoms with E-state index in [0.717, 1.165) is 27.5 Å². The van der Waals surface area contributed by atoms with Gasteiger partial charge in [0.2, 0.25) is 0 Å². The first kappa shape index (κ1) is 14.2. The monoisotopic (exact) mass is 339 g/mol. The van der Waals surface area contributed by atoms with E-state index in [1.807, 2.05) is 49.4 Å². The highest BCUT2D eigenvalue weighted by molar-refractivity contribution is 9.10. The molecule has 0 fully saturated rings. The minimum absolute atomic E-state index is 0.600. The van der Waals surface area contributed by atoms with Crippen LogP contribution in [0.3, 0.4) is 0 Å². The highest BCUT2D eigenvalue weighted by atomic mass is 79.9. The van der Waals surface area contributed by atoms with Gasteiger partial charge in [0.15, 0.2) is 0 Å². The van der Waals surface area contributed by atoms with Crippen molar-refractivity contribution in [2.24, 2.45) is 0 Å². The highest BCUT2D eigenvalue weighted by Crippen LogP contribution is 2.20. The SMILES string of the molecule is Cc1ccc(Cl)cc1NCCOc1cccc(Br)c1. The minimum Gasteiger partial charge on any atom is -0.492 e. The quantitative estimate of drug-likeness (QED) is 0.782. The number of benzene rings is 2. The number of halogens is 2. The van der Waals surface area contributed by atoms with E-state index in [9.17, 15) is 0 Å². The van der Waals surface area contributed by atoms with Gasteiger partial charge in [0.05, 0.1) is 0 Å². The second-order valence-corrected chi connectivity index (χ2v) is 5.54. The summed E-state index contributed by atoms with van der Waals surface area (Å²) in [4.78, 5) is 0. The molecule has 100 valence electrons. The summed E-state index contributed by atoms with van der Waals surface area (Å²) >= 11 is 9.38. The second kappa shape index (κ2) is 6.83. The summed E-state index contributed by atoms with van der Waals surface area (Å²) in [6.45, 7) is 3.38. The van der Waals surface area contributed by atoms with Crippen molar-refractivity contribution >= 4 is 33.2 Å². The van der Waals surface area contributed by atoms with Gasteiger partial charge in [-0.25, -0.2) is 0 Å². The summed E-state index contributed by atoms with van der Waals surface area (Å²) < 4.78 is 6.67. The molecule has 0 saturated carbocycles. The van der Waals surface area contributed by atoms with E-state index in [2.05, 4.69) is 21.2 Å². The standard InChI is InChI=1S/C15H15BrClNO/c1-11-5-6-13(17)10-15(11)18-7-8-19-14-4-2-3-12(16)9-14/h2-6,9-10,18H,7-8H2,1H3. The lowest BCUT2D eigenvalue weighted by atomic mass is 10.2. The number of anilines is 1. The molecule has 0 bridgehead atoms. The molecule has 2 aromatic carbocycles. The molecule has 0 amide bonds. The Hall–Kier alpha value is -1.19. The van der Waals surface area contributed by atoms with Crippen molar-refractivity contribution in [3.8, 4) is 5.75 Å². The Kier molecular flexibility index (Phi) is 5.11. The van der Waals surface area contributed by atoms with Crippen LogP contribution >= 0.6 is 27.5 Å². The van der Waals surface area contributed by atoms with Crippen molar-refractivity contribution in [1.82, 2.24) is 0 Å². The lowest BCUT2D eigenvalue weighted by Gasteiger charge is -2.11. The van der Waals surface area contributed by atoms with E-state index < -0.39 is 0 Å². The fraction of sp³-hybridized carbons (Fsp3) is 0.200. The van der Waals surface area contributed by atoms with E-state index in [1.54, 1.807) is 0 Å². The zero-order valence-corrected chi connectivity index (χ0v) is 13.0. The van der Waals surface area contributed by atoms with E-state index in [1.165, 1.54) is 5.56 Å². The average molecular weight is 341 g/mol. The van der Waals surface area contributed by atoms with Gasteiger partial charge < -0.3 is 10.1 Å². The van der Waals surface area contributed by atoms with Crippen LogP contribution in [0, 0.1) is 6.92 Å². The Balaban J connectivity index is 1.82. The van der Waals surface area contributed by atoms with Crippen LogP contribution in [0.1, 0.15) is 5.56 Å². The third-order valence-corrected chi connectivity index (χ3v) is 3.41. The maximum absolute atomic E-state index is 5.97. The lowest BCUT2D eigenvalue weighted by molar-refractivity contribution is 0.332. The molecular formula is C15H15BrClNO. The van der Waals surface area contributed by atoms with Crippen molar-refractivity contribution < 1.29 is 4.74 Å². The van der Waals surface area contributed by atoms with Gasteiger partial charge in [-0.1, -0.05) is 39.7 Å².